The summed E-state index contributed by atoms with van der Waals surface area (Å²) in [6.07, 6.45) is 0. The second-order valence-corrected chi connectivity index (χ2v) is 12.7. The number of nitrogens with zero attached hydrogens (tertiary/aromatic N) is 4. The van der Waals surface area contributed by atoms with E-state index in [0.717, 1.165) is 55.8 Å². The second-order valence-electron chi connectivity index (χ2n) is 12.7. The molecule has 5 heteroatoms. The highest BCUT2D eigenvalue weighted by Gasteiger charge is 2.46. The largest absolute Gasteiger partial charge is 0.456 e. The van der Waals surface area contributed by atoms with Crippen LogP contribution in [-0.4, -0.2) is 15.0 Å². The van der Waals surface area contributed by atoms with Gasteiger partial charge in [-0.2, -0.15) is 5.26 Å². The number of benzene rings is 7. The third-order valence-corrected chi connectivity index (χ3v) is 9.75. The van der Waals surface area contributed by atoms with Crippen molar-refractivity contribution in [3.63, 3.8) is 0 Å². The molecule has 0 N–H and O–H groups in total. The Hall–Kier alpha value is -7.16. The van der Waals surface area contributed by atoms with Gasteiger partial charge in [-0.25, -0.2) is 15.0 Å². The zero-order valence-corrected chi connectivity index (χ0v) is 28.0. The summed E-state index contributed by atoms with van der Waals surface area (Å²) >= 11 is 0. The van der Waals surface area contributed by atoms with Gasteiger partial charge in [0.15, 0.2) is 17.5 Å². The number of fused-ring (bicyclic) bond motifs is 2. The van der Waals surface area contributed by atoms with Crippen molar-refractivity contribution in [1.82, 2.24) is 15.0 Å². The van der Waals surface area contributed by atoms with Gasteiger partial charge in [0.2, 0.25) is 0 Å². The zero-order chi connectivity index (χ0) is 34.9. The van der Waals surface area contributed by atoms with Gasteiger partial charge in [0.05, 0.1) is 22.6 Å². The first-order valence-electron chi connectivity index (χ1n) is 17.2. The van der Waals surface area contributed by atoms with Crippen LogP contribution in [0.25, 0.3) is 45.3 Å². The molecule has 8 aromatic rings. The standard InChI is InChI=1S/C47H30N4O/c48-31-35-17-10-11-22-38(35)32-27-29-34(30-28-32)45-49-44(33-15-4-1-5-16-33)50-46(51-45)39-23-14-25-41-43(39)52-42-26-13-12-24-40(42)47(41,36-18-6-2-7-19-36)37-20-8-3-9-21-37/h1-30H. The Bertz CT molecular complexity index is 2560. The summed E-state index contributed by atoms with van der Waals surface area (Å²) in [5.74, 6) is 3.09. The maximum absolute atomic E-state index is 9.70. The maximum Gasteiger partial charge on any atom is 0.167 e. The van der Waals surface area contributed by atoms with Crippen LogP contribution in [0, 0.1) is 11.3 Å². The molecule has 1 aliphatic heterocycles. The van der Waals surface area contributed by atoms with Gasteiger partial charge >= 0.3 is 0 Å². The minimum Gasteiger partial charge on any atom is -0.456 e. The molecule has 0 atom stereocenters. The van der Waals surface area contributed by atoms with Crippen molar-refractivity contribution < 1.29 is 4.74 Å². The number of aromatic nitrogens is 3. The van der Waals surface area contributed by atoms with Gasteiger partial charge in [-0.1, -0.05) is 164 Å². The molecule has 2 heterocycles. The number of rotatable bonds is 6. The fourth-order valence-corrected chi connectivity index (χ4v) is 7.38. The highest BCUT2D eigenvalue weighted by Crippen LogP contribution is 2.57. The molecule has 0 saturated carbocycles. The predicted molar refractivity (Wildman–Crippen MR) is 205 cm³/mol. The van der Waals surface area contributed by atoms with E-state index < -0.39 is 5.41 Å². The summed E-state index contributed by atoms with van der Waals surface area (Å²) in [5, 5.41) is 9.70. The fourth-order valence-electron chi connectivity index (χ4n) is 7.38. The number of nitriles is 1. The average Bonchev–Trinajstić information content (AvgIpc) is 3.23. The Morgan fingerprint density at radius 2 is 0.923 bits per heavy atom. The van der Waals surface area contributed by atoms with Crippen LogP contribution in [0.4, 0.5) is 0 Å². The van der Waals surface area contributed by atoms with E-state index in [2.05, 4.69) is 91.0 Å². The van der Waals surface area contributed by atoms with Crippen LogP contribution >= 0.6 is 0 Å². The Kier molecular flexibility index (Phi) is 7.68. The molecule has 52 heavy (non-hydrogen) atoms. The van der Waals surface area contributed by atoms with Gasteiger partial charge in [0.1, 0.15) is 11.5 Å². The van der Waals surface area contributed by atoms with Crippen LogP contribution in [0.2, 0.25) is 0 Å². The molecule has 0 unspecified atom stereocenters. The lowest BCUT2D eigenvalue weighted by Crippen LogP contribution is -2.34. The Labute approximate surface area is 302 Å². The average molecular weight is 667 g/mol. The monoisotopic (exact) mass is 666 g/mol. The van der Waals surface area contributed by atoms with Crippen molar-refractivity contribution in [2.75, 3.05) is 0 Å². The van der Waals surface area contributed by atoms with Gasteiger partial charge in [-0.05, 0) is 40.5 Å². The molecule has 0 aliphatic carbocycles. The minimum absolute atomic E-state index is 0.508. The van der Waals surface area contributed by atoms with Crippen LogP contribution < -0.4 is 4.74 Å². The first kappa shape index (κ1) is 30.9. The molecular weight excluding hydrogens is 637 g/mol. The normalized spacial score (nSPS) is 12.5. The highest BCUT2D eigenvalue weighted by atomic mass is 16.5. The first-order chi connectivity index (χ1) is 25.7. The maximum atomic E-state index is 9.70. The van der Waals surface area contributed by atoms with E-state index in [0.29, 0.717) is 28.8 Å². The lowest BCUT2D eigenvalue weighted by Gasteiger charge is -2.42. The zero-order valence-electron chi connectivity index (χ0n) is 28.0. The van der Waals surface area contributed by atoms with Crippen molar-refractivity contribution in [2.45, 2.75) is 5.41 Å². The quantitative estimate of drug-likeness (QED) is 0.177. The highest BCUT2D eigenvalue weighted by molar-refractivity contribution is 5.79. The van der Waals surface area contributed by atoms with Gasteiger partial charge in [0, 0.05) is 22.3 Å². The summed E-state index contributed by atoms with van der Waals surface area (Å²) in [5.41, 5.74) is 8.60. The van der Waals surface area contributed by atoms with E-state index in [1.807, 2.05) is 97.1 Å². The minimum atomic E-state index is -0.670. The molecule has 0 radical (unpaired) electrons. The van der Waals surface area contributed by atoms with Gasteiger partial charge < -0.3 is 4.74 Å². The number of para-hydroxylation sites is 2. The van der Waals surface area contributed by atoms with Crippen LogP contribution in [0.15, 0.2) is 182 Å². The van der Waals surface area contributed by atoms with Crippen molar-refractivity contribution in [3.05, 3.63) is 210 Å². The molecule has 9 rings (SSSR count). The lowest BCUT2D eigenvalue weighted by molar-refractivity contribution is 0.436. The number of hydrogen-bond donors (Lipinski definition) is 0. The predicted octanol–water partition coefficient (Wildman–Crippen LogP) is 10.9. The van der Waals surface area contributed by atoms with Crippen molar-refractivity contribution in [1.29, 1.82) is 5.26 Å². The van der Waals surface area contributed by atoms with Crippen LogP contribution in [0.3, 0.4) is 0 Å². The fraction of sp³-hybridized carbons (Fsp3) is 0.0213. The number of ether oxygens (including phenoxy) is 1. The van der Waals surface area contributed by atoms with E-state index in [9.17, 15) is 5.26 Å². The molecule has 0 bridgehead atoms. The van der Waals surface area contributed by atoms with Gasteiger partial charge in [-0.3, -0.25) is 0 Å². The van der Waals surface area contributed by atoms with E-state index in [1.54, 1.807) is 0 Å². The topological polar surface area (TPSA) is 71.7 Å². The van der Waals surface area contributed by atoms with E-state index in [1.165, 1.54) is 0 Å². The van der Waals surface area contributed by atoms with E-state index >= 15 is 0 Å². The molecule has 0 saturated heterocycles. The summed E-state index contributed by atoms with van der Waals surface area (Å²) in [6, 6.07) is 63.7. The lowest BCUT2D eigenvalue weighted by atomic mass is 9.63. The Morgan fingerprint density at radius 1 is 0.423 bits per heavy atom. The smallest absolute Gasteiger partial charge is 0.167 e. The molecule has 0 fully saturated rings. The van der Waals surface area contributed by atoms with Gasteiger partial charge in [0.25, 0.3) is 0 Å². The van der Waals surface area contributed by atoms with Crippen molar-refractivity contribution in [2.24, 2.45) is 0 Å². The summed E-state index contributed by atoms with van der Waals surface area (Å²) in [7, 11) is 0. The summed E-state index contributed by atoms with van der Waals surface area (Å²) < 4.78 is 6.91. The van der Waals surface area contributed by atoms with E-state index in [4.69, 9.17) is 19.7 Å². The molecular formula is C47H30N4O. The third kappa shape index (κ3) is 5.14. The Morgan fingerprint density at radius 3 is 1.60 bits per heavy atom. The Balaban J connectivity index is 1.27. The van der Waals surface area contributed by atoms with Crippen molar-refractivity contribution >= 4 is 0 Å². The van der Waals surface area contributed by atoms with Crippen LogP contribution in [-0.2, 0) is 5.41 Å². The molecule has 5 nitrogen and oxygen atoms in total. The molecule has 0 spiro atoms. The molecule has 1 aromatic heterocycles. The molecule has 1 aliphatic rings. The summed E-state index contributed by atoms with van der Waals surface area (Å²) in [6.45, 7) is 0. The SMILES string of the molecule is N#Cc1ccccc1-c1ccc(-c2nc(-c3ccccc3)nc(-c3cccc4c3Oc3ccccc3C4(c3ccccc3)c3ccccc3)n2)cc1. The third-order valence-electron chi connectivity index (χ3n) is 9.75. The second kappa shape index (κ2) is 12.9. The molecule has 244 valence electrons. The van der Waals surface area contributed by atoms with Crippen LogP contribution in [0.5, 0.6) is 11.5 Å². The molecule has 7 aromatic carbocycles. The molecule has 0 amide bonds. The van der Waals surface area contributed by atoms with E-state index in [-0.39, 0.29) is 0 Å². The first-order valence-corrected chi connectivity index (χ1v) is 17.2. The van der Waals surface area contributed by atoms with Crippen LogP contribution in [0.1, 0.15) is 27.8 Å². The van der Waals surface area contributed by atoms with Gasteiger partial charge in [-0.15, -0.1) is 0 Å². The van der Waals surface area contributed by atoms with Crippen molar-refractivity contribution in [3.8, 4) is 62.9 Å². The summed E-state index contributed by atoms with van der Waals surface area (Å²) in [4.78, 5) is 15.2. The number of hydrogen-bond acceptors (Lipinski definition) is 5.